The van der Waals surface area contributed by atoms with Crippen molar-refractivity contribution < 1.29 is 19.7 Å². The molecule has 30 heavy (non-hydrogen) atoms. The van der Waals surface area contributed by atoms with Crippen LogP contribution in [0.5, 0.6) is 5.75 Å². The molecule has 0 aliphatic heterocycles. The first-order valence-corrected chi connectivity index (χ1v) is 10.9. The van der Waals surface area contributed by atoms with Gasteiger partial charge < -0.3 is 14.9 Å². The molecule has 2 aromatic carbocycles. The van der Waals surface area contributed by atoms with Gasteiger partial charge in [0.05, 0.1) is 11.5 Å². The van der Waals surface area contributed by atoms with Gasteiger partial charge in [-0.05, 0) is 61.1 Å². The number of carbonyl (C=O) groups is 1. The first-order valence-electron chi connectivity index (χ1n) is 10.1. The summed E-state index contributed by atoms with van der Waals surface area (Å²) in [6.45, 7) is 5.69. The fourth-order valence-corrected chi connectivity index (χ4v) is 4.56. The normalized spacial score (nSPS) is 12.0. The van der Waals surface area contributed by atoms with E-state index in [0.717, 1.165) is 43.3 Å². The summed E-state index contributed by atoms with van der Waals surface area (Å²) >= 11 is 1.56. The minimum Gasteiger partial charge on any atom is -0.490 e. The second-order valence-electron chi connectivity index (χ2n) is 7.58. The van der Waals surface area contributed by atoms with Crippen molar-refractivity contribution >= 4 is 17.1 Å². The highest BCUT2D eigenvalue weighted by atomic mass is 32.1. The zero-order valence-corrected chi connectivity index (χ0v) is 18.5. The first kappa shape index (κ1) is 22.2. The van der Waals surface area contributed by atoms with Crippen LogP contribution in [0.4, 0.5) is 0 Å². The molecule has 0 spiro atoms. The van der Waals surface area contributed by atoms with E-state index in [9.17, 15) is 9.90 Å². The van der Waals surface area contributed by atoms with Crippen molar-refractivity contribution in [2.45, 2.75) is 39.7 Å². The minimum atomic E-state index is -0.892. The summed E-state index contributed by atoms with van der Waals surface area (Å²) < 4.78 is 5.65. The summed E-state index contributed by atoms with van der Waals surface area (Å²) in [4.78, 5) is 14.8. The zero-order valence-electron chi connectivity index (χ0n) is 17.6. The summed E-state index contributed by atoms with van der Waals surface area (Å²) in [5.74, 6) is 0.881. The maximum Gasteiger partial charge on any atom is 0.173 e. The van der Waals surface area contributed by atoms with Crippen LogP contribution in [0.3, 0.4) is 0 Å². The van der Waals surface area contributed by atoms with E-state index in [1.54, 1.807) is 11.3 Å². The molecule has 0 radical (unpaired) electrons. The largest absolute Gasteiger partial charge is 0.490 e. The lowest BCUT2D eigenvalue weighted by molar-refractivity contribution is 0.0531. The molecule has 5 heteroatoms. The molecule has 0 fully saturated rings. The van der Waals surface area contributed by atoms with E-state index in [0.29, 0.717) is 12.8 Å². The Morgan fingerprint density at radius 3 is 2.37 bits per heavy atom. The maximum absolute atomic E-state index is 12.8. The van der Waals surface area contributed by atoms with Crippen LogP contribution in [0.2, 0.25) is 0 Å². The Morgan fingerprint density at radius 2 is 1.73 bits per heavy atom. The molecule has 0 aliphatic carbocycles. The van der Waals surface area contributed by atoms with E-state index in [-0.39, 0.29) is 19.0 Å². The third-order valence-corrected chi connectivity index (χ3v) is 6.16. The standard InChI is InChI=1S/C25H28O4S/c1-16-11-19(12-17(2)25(16)29-15-21(27)14-26)9-10-23(28)24-13-22(18(3)30-24)20-7-5-4-6-8-20/h4-8,11-13,21,26-27H,9-10,14-15H2,1-3H3/t21-/m0/s1. The van der Waals surface area contributed by atoms with Gasteiger partial charge in [-0.25, -0.2) is 0 Å². The van der Waals surface area contributed by atoms with E-state index in [1.807, 2.05) is 50.2 Å². The van der Waals surface area contributed by atoms with E-state index >= 15 is 0 Å². The predicted octanol–water partition coefficient (Wildman–Crippen LogP) is 4.89. The molecule has 3 aromatic rings. The molecule has 4 nitrogen and oxygen atoms in total. The number of hydrogen-bond acceptors (Lipinski definition) is 5. The van der Waals surface area contributed by atoms with Crippen molar-refractivity contribution in [3.63, 3.8) is 0 Å². The second kappa shape index (κ2) is 10.0. The van der Waals surface area contributed by atoms with Gasteiger partial charge in [0.1, 0.15) is 18.5 Å². The lowest BCUT2D eigenvalue weighted by Gasteiger charge is -2.15. The van der Waals surface area contributed by atoms with Gasteiger partial charge in [-0.3, -0.25) is 4.79 Å². The van der Waals surface area contributed by atoms with E-state index in [2.05, 4.69) is 19.1 Å². The Hall–Kier alpha value is -2.47. The van der Waals surface area contributed by atoms with Crippen LogP contribution in [0, 0.1) is 20.8 Å². The molecule has 3 rings (SSSR count). The second-order valence-corrected chi connectivity index (χ2v) is 8.83. The molecule has 2 N–H and O–H groups in total. The summed E-state index contributed by atoms with van der Waals surface area (Å²) in [7, 11) is 0. The molecule has 1 heterocycles. The van der Waals surface area contributed by atoms with Gasteiger partial charge in [0.25, 0.3) is 0 Å². The summed E-state index contributed by atoms with van der Waals surface area (Å²) in [6, 6.07) is 16.2. The average molecular weight is 425 g/mol. The van der Waals surface area contributed by atoms with Crippen molar-refractivity contribution in [3.05, 3.63) is 75.0 Å². The molecule has 158 valence electrons. The van der Waals surface area contributed by atoms with Gasteiger partial charge in [0, 0.05) is 11.3 Å². The topological polar surface area (TPSA) is 66.8 Å². The molecule has 0 amide bonds. The van der Waals surface area contributed by atoms with Gasteiger partial charge >= 0.3 is 0 Å². The highest BCUT2D eigenvalue weighted by Crippen LogP contribution is 2.32. The Labute approximate surface area is 181 Å². The Kier molecular flexibility index (Phi) is 7.43. The van der Waals surface area contributed by atoms with E-state index < -0.39 is 6.10 Å². The van der Waals surface area contributed by atoms with Gasteiger partial charge in [-0.2, -0.15) is 0 Å². The predicted molar refractivity (Wildman–Crippen MR) is 122 cm³/mol. The van der Waals surface area contributed by atoms with Crippen LogP contribution in [-0.2, 0) is 6.42 Å². The molecule has 0 bridgehead atoms. The number of hydrogen-bond donors (Lipinski definition) is 2. The van der Waals surface area contributed by atoms with Crippen molar-refractivity contribution in [2.24, 2.45) is 0 Å². The van der Waals surface area contributed by atoms with Crippen molar-refractivity contribution in [1.29, 1.82) is 0 Å². The van der Waals surface area contributed by atoms with Crippen LogP contribution in [0.1, 0.15) is 37.7 Å². The number of carbonyl (C=O) groups excluding carboxylic acids is 1. The number of aryl methyl sites for hydroxylation is 4. The lowest BCUT2D eigenvalue weighted by atomic mass is 10.0. The fourth-order valence-electron chi connectivity index (χ4n) is 3.55. The van der Waals surface area contributed by atoms with Gasteiger partial charge in [-0.15, -0.1) is 11.3 Å². The van der Waals surface area contributed by atoms with Gasteiger partial charge in [0.2, 0.25) is 0 Å². The molecule has 0 aliphatic rings. The summed E-state index contributed by atoms with van der Waals surface area (Å²) in [6.07, 6.45) is 0.227. The smallest absolute Gasteiger partial charge is 0.173 e. The van der Waals surface area contributed by atoms with Gasteiger partial charge in [0.15, 0.2) is 5.78 Å². The Bertz CT molecular complexity index is 984. The van der Waals surface area contributed by atoms with Crippen LogP contribution in [0.15, 0.2) is 48.5 Å². The number of ketones is 1. The third-order valence-electron chi connectivity index (χ3n) is 5.07. The third kappa shape index (κ3) is 5.36. The van der Waals surface area contributed by atoms with E-state index in [4.69, 9.17) is 9.84 Å². The number of aliphatic hydroxyl groups excluding tert-OH is 2. The maximum atomic E-state index is 12.8. The van der Waals surface area contributed by atoms with Crippen LogP contribution in [-0.4, -0.2) is 35.3 Å². The molecular formula is C25H28O4S. The molecule has 1 aromatic heterocycles. The van der Waals surface area contributed by atoms with Crippen molar-refractivity contribution in [2.75, 3.05) is 13.2 Å². The lowest BCUT2D eigenvalue weighted by Crippen LogP contribution is -2.21. The van der Waals surface area contributed by atoms with Crippen LogP contribution in [0.25, 0.3) is 11.1 Å². The molecule has 0 saturated carbocycles. The van der Waals surface area contributed by atoms with E-state index in [1.165, 1.54) is 0 Å². The highest BCUT2D eigenvalue weighted by molar-refractivity contribution is 7.14. The molecular weight excluding hydrogens is 396 g/mol. The molecule has 0 unspecified atom stereocenters. The summed E-state index contributed by atoms with van der Waals surface area (Å²) in [5.41, 5.74) is 5.27. The number of rotatable bonds is 9. The highest BCUT2D eigenvalue weighted by Gasteiger charge is 2.15. The zero-order chi connectivity index (χ0) is 21.7. The number of thiophene rings is 1. The van der Waals surface area contributed by atoms with Crippen molar-refractivity contribution in [1.82, 2.24) is 0 Å². The molecule has 1 atom stereocenters. The number of aliphatic hydroxyl groups is 2. The first-order chi connectivity index (χ1) is 14.4. The summed E-state index contributed by atoms with van der Waals surface area (Å²) in [5, 5.41) is 18.4. The van der Waals surface area contributed by atoms with Crippen LogP contribution < -0.4 is 4.74 Å². The molecule has 0 saturated heterocycles. The minimum absolute atomic E-state index is 0.0531. The van der Waals surface area contributed by atoms with Gasteiger partial charge in [-0.1, -0.05) is 42.5 Å². The number of benzene rings is 2. The SMILES string of the molecule is Cc1cc(CCC(=O)c2cc(-c3ccccc3)c(C)s2)cc(C)c1OC[C@@H](O)CO. The fraction of sp³-hybridized carbons (Fsp3) is 0.320. The van der Waals surface area contributed by atoms with Crippen molar-refractivity contribution in [3.8, 4) is 16.9 Å². The Morgan fingerprint density at radius 1 is 1.07 bits per heavy atom. The Balaban J connectivity index is 1.66. The quantitative estimate of drug-likeness (QED) is 0.480. The van der Waals surface area contributed by atoms with Crippen LogP contribution >= 0.6 is 11.3 Å². The monoisotopic (exact) mass is 424 g/mol. The average Bonchev–Trinajstić information content (AvgIpc) is 3.13. The number of ether oxygens (including phenoxy) is 1. The number of Topliss-reactive ketones (excluding diaryl/α,β-unsaturated/α-hetero) is 1.